The highest BCUT2D eigenvalue weighted by atomic mass is 19.4. The zero-order chi connectivity index (χ0) is 25.3. The standard InChI is InChI=1S/C28H34F3N3O/c1-18(2)24-6-5-13-33(24)26-14-21(9-12-27(26)35-28(29,30)31)22-15-25(19(3)4)34(17-22)23-10-7-20(16-32)8-11-23/h7-12,14,18-19,22,24-25H,5-6,13,15,17H2,1-4H3. The molecule has 2 heterocycles. The highest BCUT2D eigenvalue weighted by Crippen LogP contribution is 2.43. The first-order valence-corrected chi connectivity index (χ1v) is 12.5. The minimum atomic E-state index is -4.73. The summed E-state index contributed by atoms with van der Waals surface area (Å²) < 4.78 is 44.2. The van der Waals surface area contributed by atoms with Crippen LogP contribution in [0.15, 0.2) is 42.5 Å². The van der Waals surface area contributed by atoms with Crippen LogP contribution in [-0.4, -0.2) is 31.5 Å². The van der Waals surface area contributed by atoms with Gasteiger partial charge in [0.25, 0.3) is 0 Å². The minimum Gasteiger partial charge on any atom is -0.404 e. The van der Waals surface area contributed by atoms with E-state index in [-0.39, 0.29) is 17.7 Å². The third-order valence-corrected chi connectivity index (χ3v) is 7.50. The molecule has 2 aromatic carbocycles. The van der Waals surface area contributed by atoms with Gasteiger partial charge in [-0.05, 0) is 73.1 Å². The molecule has 0 bridgehead atoms. The molecular formula is C28H34F3N3O. The molecule has 35 heavy (non-hydrogen) atoms. The molecule has 2 saturated heterocycles. The fourth-order valence-corrected chi connectivity index (χ4v) is 5.77. The number of rotatable bonds is 6. The molecule has 2 aliphatic heterocycles. The Kier molecular flexibility index (Phi) is 7.21. The van der Waals surface area contributed by atoms with Crippen molar-refractivity contribution in [3.05, 3.63) is 53.6 Å². The van der Waals surface area contributed by atoms with Gasteiger partial charge in [0, 0.05) is 36.8 Å². The second-order valence-electron chi connectivity index (χ2n) is 10.5. The molecule has 0 amide bonds. The van der Waals surface area contributed by atoms with Crippen molar-refractivity contribution >= 4 is 11.4 Å². The number of hydrogen-bond donors (Lipinski definition) is 0. The van der Waals surface area contributed by atoms with Gasteiger partial charge < -0.3 is 14.5 Å². The van der Waals surface area contributed by atoms with Crippen molar-refractivity contribution in [2.75, 3.05) is 22.9 Å². The largest absolute Gasteiger partial charge is 0.573 e. The smallest absolute Gasteiger partial charge is 0.404 e. The summed E-state index contributed by atoms with van der Waals surface area (Å²) in [5.41, 5.74) is 3.29. The summed E-state index contributed by atoms with van der Waals surface area (Å²) in [5.74, 6) is 0.823. The second kappa shape index (κ2) is 10.0. The number of anilines is 2. The minimum absolute atomic E-state index is 0.115. The van der Waals surface area contributed by atoms with E-state index in [2.05, 4.69) is 48.3 Å². The van der Waals surface area contributed by atoms with Crippen LogP contribution in [0.5, 0.6) is 5.75 Å². The van der Waals surface area contributed by atoms with Crippen molar-refractivity contribution in [2.24, 2.45) is 11.8 Å². The van der Waals surface area contributed by atoms with Crippen molar-refractivity contribution in [3.8, 4) is 11.8 Å². The third kappa shape index (κ3) is 5.52. The Morgan fingerprint density at radius 2 is 1.66 bits per heavy atom. The molecular weight excluding hydrogens is 451 g/mol. The predicted octanol–water partition coefficient (Wildman–Crippen LogP) is 7.10. The van der Waals surface area contributed by atoms with Crippen molar-refractivity contribution in [3.63, 3.8) is 0 Å². The predicted molar refractivity (Wildman–Crippen MR) is 133 cm³/mol. The molecule has 188 valence electrons. The van der Waals surface area contributed by atoms with Crippen LogP contribution in [0.4, 0.5) is 24.5 Å². The molecule has 2 fully saturated rings. The maximum Gasteiger partial charge on any atom is 0.573 e. The normalized spacial score (nSPS) is 22.8. The van der Waals surface area contributed by atoms with Gasteiger partial charge in [0.2, 0.25) is 0 Å². The van der Waals surface area contributed by atoms with Gasteiger partial charge in [0.1, 0.15) is 0 Å². The lowest BCUT2D eigenvalue weighted by molar-refractivity contribution is -0.274. The van der Waals surface area contributed by atoms with Crippen LogP contribution >= 0.6 is 0 Å². The SMILES string of the molecule is CC(C)C1CC(c2ccc(OC(F)(F)F)c(N3CCCC3C(C)C)c2)CN1c1ccc(C#N)cc1. The van der Waals surface area contributed by atoms with Gasteiger partial charge >= 0.3 is 6.36 Å². The summed E-state index contributed by atoms with van der Waals surface area (Å²) in [5, 5.41) is 9.14. The topological polar surface area (TPSA) is 39.5 Å². The molecule has 2 aliphatic rings. The Morgan fingerprint density at radius 1 is 0.971 bits per heavy atom. The van der Waals surface area contributed by atoms with E-state index in [1.165, 1.54) is 6.07 Å². The molecule has 3 unspecified atom stereocenters. The second-order valence-corrected chi connectivity index (χ2v) is 10.5. The van der Waals surface area contributed by atoms with Crippen LogP contribution in [0.1, 0.15) is 64.0 Å². The first-order valence-electron chi connectivity index (χ1n) is 12.5. The van der Waals surface area contributed by atoms with Crippen LogP contribution in [0.25, 0.3) is 0 Å². The fourth-order valence-electron chi connectivity index (χ4n) is 5.77. The Balaban J connectivity index is 1.67. The highest BCUT2D eigenvalue weighted by molar-refractivity contribution is 5.63. The Labute approximate surface area is 206 Å². The van der Waals surface area contributed by atoms with E-state index < -0.39 is 6.36 Å². The molecule has 0 N–H and O–H groups in total. The van der Waals surface area contributed by atoms with E-state index >= 15 is 0 Å². The summed E-state index contributed by atoms with van der Waals surface area (Å²) in [7, 11) is 0. The molecule has 2 aromatic rings. The molecule has 0 aromatic heterocycles. The summed E-state index contributed by atoms with van der Waals surface area (Å²) in [6.07, 6.45) is -1.88. The van der Waals surface area contributed by atoms with Gasteiger partial charge in [-0.25, -0.2) is 0 Å². The van der Waals surface area contributed by atoms with Gasteiger partial charge in [-0.3, -0.25) is 0 Å². The molecule has 0 spiro atoms. The van der Waals surface area contributed by atoms with Crippen molar-refractivity contribution in [1.82, 2.24) is 0 Å². The van der Waals surface area contributed by atoms with Gasteiger partial charge in [0.05, 0.1) is 17.3 Å². The summed E-state index contributed by atoms with van der Waals surface area (Å²) >= 11 is 0. The lowest BCUT2D eigenvalue weighted by Gasteiger charge is -2.32. The maximum absolute atomic E-state index is 13.2. The zero-order valence-corrected chi connectivity index (χ0v) is 20.8. The summed E-state index contributed by atoms with van der Waals surface area (Å²) in [6.45, 7) is 10.2. The third-order valence-electron chi connectivity index (χ3n) is 7.50. The van der Waals surface area contributed by atoms with Crippen molar-refractivity contribution in [1.29, 1.82) is 5.26 Å². The van der Waals surface area contributed by atoms with Crippen molar-refractivity contribution in [2.45, 2.75) is 71.3 Å². The molecule has 4 nitrogen and oxygen atoms in total. The Morgan fingerprint density at radius 3 is 2.26 bits per heavy atom. The number of benzene rings is 2. The highest BCUT2D eigenvalue weighted by Gasteiger charge is 2.38. The van der Waals surface area contributed by atoms with Gasteiger partial charge in [-0.15, -0.1) is 13.2 Å². The van der Waals surface area contributed by atoms with Crippen LogP contribution in [0.2, 0.25) is 0 Å². The van der Waals surface area contributed by atoms with E-state index in [9.17, 15) is 13.2 Å². The summed E-state index contributed by atoms with van der Waals surface area (Å²) in [4.78, 5) is 4.49. The van der Waals surface area contributed by atoms with E-state index in [1.807, 2.05) is 30.3 Å². The quantitative estimate of drug-likeness (QED) is 0.438. The monoisotopic (exact) mass is 485 g/mol. The van der Waals surface area contributed by atoms with Gasteiger partial charge in [-0.1, -0.05) is 33.8 Å². The van der Waals surface area contributed by atoms with E-state index in [0.717, 1.165) is 43.6 Å². The molecule has 3 atom stereocenters. The van der Waals surface area contributed by atoms with Crippen molar-refractivity contribution < 1.29 is 17.9 Å². The van der Waals surface area contributed by atoms with Gasteiger partial charge in [0.15, 0.2) is 5.75 Å². The zero-order valence-electron chi connectivity index (χ0n) is 20.8. The summed E-state index contributed by atoms with van der Waals surface area (Å²) in [6, 6.07) is 15.5. The number of hydrogen-bond acceptors (Lipinski definition) is 4. The molecule has 4 rings (SSSR count). The lowest BCUT2D eigenvalue weighted by Crippen LogP contribution is -2.34. The van der Waals surface area contributed by atoms with Crippen LogP contribution < -0.4 is 14.5 Å². The van der Waals surface area contributed by atoms with E-state index in [4.69, 9.17) is 5.26 Å². The number of alkyl halides is 3. The maximum atomic E-state index is 13.2. The number of halogens is 3. The number of nitrogens with zero attached hydrogens (tertiary/aromatic N) is 3. The average molecular weight is 486 g/mol. The molecule has 0 saturated carbocycles. The van der Waals surface area contributed by atoms with E-state index in [1.54, 1.807) is 6.07 Å². The van der Waals surface area contributed by atoms with E-state index in [0.29, 0.717) is 29.1 Å². The number of nitriles is 1. The molecule has 0 aliphatic carbocycles. The molecule has 0 radical (unpaired) electrons. The Hall–Kier alpha value is -2.88. The lowest BCUT2D eigenvalue weighted by atomic mass is 9.91. The number of ether oxygens (including phenoxy) is 1. The van der Waals surface area contributed by atoms with Crippen LogP contribution in [0.3, 0.4) is 0 Å². The first kappa shape index (κ1) is 25.2. The van der Waals surface area contributed by atoms with Crippen LogP contribution in [0, 0.1) is 23.2 Å². The first-order chi connectivity index (χ1) is 16.6. The Bertz CT molecular complexity index is 1060. The van der Waals surface area contributed by atoms with Gasteiger partial charge in [-0.2, -0.15) is 5.26 Å². The van der Waals surface area contributed by atoms with Crippen LogP contribution in [-0.2, 0) is 0 Å². The fraction of sp³-hybridized carbons (Fsp3) is 0.536. The average Bonchev–Trinajstić information content (AvgIpc) is 3.46. The molecule has 7 heteroatoms.